The number of furan rings is 1. The molecule has 2 aromatic carbocycles. The number of ether oxygens (including phenoxy) is 2. The predicted octanol–water partition coefficient (Wildman–Crippen LogP) is 4.65. The maximum Gasteiger partial charge on any atom is 0.291 e. The Labute approximate surface area is 194 Å². The molecule has 32 heavy (non-hydrogen) atoms. The number of anilines is 1. The number of rotatable bonds is 6. The van der Waals surface area contributed by atoms with Crippen molar-refractivity contribution in [3.8, 4) is 11.5 Å². The fraction of sp³-hybridized carbons (Fsp3) is 0.190. The SMILES string of the molecule is O=C(Nc1cc(Cl)ccc1Oc1ccc(Cl)cc1)c1ccc(S(=O)(=O)N2CCOCC2)o1. The van der Waals surface area contributed by atoms with Crippen molar-refractivity contribution in [2.75, 3.05) is 31.6 Å². The van der Waals surface area contributed by atoms with Crippen molar-refractivity contribution in [1.29, 1.82) is 0 Å². The van der Waals surface area contributed by atoms with Crippen LogP contribution >= 0.6 is 23.2 Å². The van der Waals surface area contributed by atoms with Gasteiger partial charge in [0, 0.05) is 23.1 Å². The fourth-order valence-electron chi connectivity index (χ4n) is 3.00. The minimum Gasteiger partial charge on any atom is -0.455 e. The highest BCUT2D eigenvalue weighted by Gasteiger charge is 2.30. The highest BCUT2D eigenvalue weighted by Crippen LogP contribution is 2.33. The zero-order valence-corrected chi connectivity index (χ0v) is 18.9. The summed E-state index contributed by atoms with van der Waals surface area (Å²) in [5, 5.41) is 3.27. The summed E-state index contributed by atoms with van der Waals surface area (Å²) in [6.07, 6.45) is 0. The summed E-state index contributed by atoms with van der Waals surface area (Å²) in [5.74, 6) is 0.00723. The maximum absolute atomic E-state index is 12.7. The molecule has 0 bridgehead atoms. The average molecular weight is 497 g/mol. The molecule has 1 amide bonds. The van der Waals surface area contributed by atoms with E-state index in [4.69, 9.17) is 37.1 Å². The smallest absolute Gasteiger partial charge is 0.291 e. The van der Waals surface area contributed by atoms with Crippen LogP contribution in [0.1, 0.15) is 10.6 Å². The molecule has 0 radical (unpaired) electrons. The number of halogens is 2. The Morgan fingerprint density at radius 2 is 1.66 bits per heavy atom. The average Bonchev–Trinajstić information content (AvgIpc) is 3.29. The highest BCUT2D eigenvalue weighted by molar-refractivity contribution is 7.89. The number of hydrogen-bond acceptors (Lipinski definition) is 6. The molecule has 11 heteroatoms. The molecule has 4 rings (SSSR count). The summed E-state index contributed by atoms with van der Waals surface area (Å²) in [6.45, 7) is 1.05. The van der Waals surface area contributed by atoms with Gasteiger partial charge in [0.25, 0.3) is 15.9 Å². The van der Waals surface area contributed by atoms with Gasteiger partial charge < -0.3 is 19.2 Å². The summed E-state index contributed by atoms with van der Waals surface area (Å²) in [6, 6.07) is 14.0. The molecule has 2 heterocycles. The number of benzene rings is 2. The van der Waals surface area contributed by atoms with E-state index in [-0.39, 0.29) is 29.6 Å². The molecule has 1 N–H and O–H groups in total. The Hall–Kier alpha value is -2.56. The van der Waals surface area contributed by atoms with Gasteiger partial charge >= 0.3 is 0 Å². The zero-order valence-electron chi connectivity index (χ0n) is 16.6. The van der Waals surface area contributed by atoms with Crippen molar-refractivity contribution in [2.24, 2.45) is 0 Å². The number of carbonyl (C=O) groups excluding carboxylic acids is 1. The first kappa shape index (κ1) is 22.6. The molecule has 0 spiro atoms. The van der Waals surface area contributed by atoms with Gasteiger partial charge in [-0.3, -0.25) is 4.79 Å². The Balaban J connectivity index is 1.53. The lowest BCUT2D eigenvalue weighted by molar-refractivity contribution is 0.0723. The van der Waals surface area contributed by atoms with Crippen LogP contribution in [-0.4, -0.2) is 44.9 Å². The van der Waals surface area contributed by atoms with Gasteiger partial charge in [0.05, 0.1) is 18.9 Å². The molecule has 168 valence electrons. The molecule has 0 saturated carbocycles. The molecule has 1 aromatic heterocycles. The molecule has 0 unspecified atom stereocenters. The van der Waals surface area contributed by atoms with E-state index < -0.39 is 15.9 Å². The van der Waals surface area contributed by atoms with E-state index in [0.717, 1.165) is 0 Å². The number of amides is 1. The number of nitrogens with one attached hydrogen (secondary N) is 1. The van der Waals surface area contributed by atoms with Crippen molar-refractivity contribution in [3.05, 3.63) is 70.4 Å². The Morgan fingerprint density at radius 1 is 0.969 bits per heavy atom. The van der Waals surface area contributed by atoms with E-state index in [1.165, 1.54) is 22.5 Å². The van der Waals surface area contributed by atoms with Crippen molar-refractivity contribution in [1.82, 2.24) is 4.31 Å². The summed E-state index contributed by atoms with van der Waals surface area (Å²) < 4.78 is 43.0. The monoisotopic (exact) mass is 496 g/mol. The first-order valence-corrected chi connectivity index (χ1v) is 11.7. The Bertz CT molecular complexity index is 1220. The van der Waals surface area contributed by atoms with E-state index in [0.29, 0.717) is 34.8 Å². The molecule has 1 aliphatic heterocycles. The molecule has 1 aliphatic rings. The molecule has 0 atom stereocenters. The third-order valence-corrected chi connectivity index (χ3v) is 6.86. The minimum atomic E-state index is -3.86. The minimum absolute atomic E-state index is 0.172. The van der Waals surface area contributed by atoms with Gasteiger partial charge in [0.2, 0.25) is 5.09 Å². The van der Waals surface area contributed by atoms with Crippen molar-refractivity contribution < 1.29 is 27.1 Å². The summed E-state index contributed by atoms with van der Waals surface area (Å²) >= 11 is 12.0. The van der Waals surface area contributed by atoms with Gasteiger partial charge in [0.1, 0.15) is 5.75 Å². The summed E-state index contributed by atoms with van der Waals surface area (Å²) in [4.78, 5) is 12.7. The van der Waals surface area contributed by atoms with Crippen LogP contribution in [0, 0.1) is 0 Å². The van der Waals surface area contributed by atoms with Crippen LogP contribution in [0.25, 0.3) is 0 Å². The first-order valence-electron chi connectivity index (χ1n) is 9.55. The first-order chi connectivity index (χ1) is 15.3. The van der Waals surface area contributed by atoms with Gasteiger partial charge in [0.15, 0.2) is 11.5 Å². The second-order valence-electron chi connectivity index (χ2n) is 6.79. The summed E-state index contributed by atoms with van der Waals surface area (Å²) in [5.41, 5.74) is 0.284. The largest absolute Gasteiger partial charge is 0.455 e. The van der Waals surface area contributed by atoms with E-state index in [9.17, 15) is 13.2 Å². The van der Waals surface area contributed by atoms with Gasteiger partial charge in [-0.1, -0.05) is 23.2 Å². The number of sulfonamides is 1. The van der Waals surface area contributed by atoms with Gasteiger partial charge in [-0.25, -0.2) is 8.42 Å². The Kier molecular flexibility index (Phi) is 6.73. The number of morpholine rings is 1. The number of hydrogen-bond donors (Lipinski definition) is 1. The topological polar surface area (TPSA) is 98.1 Å². The summed E-state index contributed by atoms with van der Waals surface area (Å²) in [7, 11) is -3.86. The van der Waals surface area contributed by atoms with Crippen LogP contribution < -0.4 is 10.1 Å². The Morgan fingerprint density at radius 3 is 2.38 bits per heavy atom. The van der Waals surface area contributed by atoms with Crippen molar-refractivity contribution in [2.45, 2.75) is 5.09 Å². The second-order valence-corrected chi connectivity index (χ2v) is 9.53. The maximum atomic E-state index is 12.7. The third kappa shape index (κ3) is 5.08. The van der Waals surface area contributed by atoms with Crippen LogP contribution in [0.5, 0.6) is 11.5 Å². The predicted molar refractivity (Wildman–Crippen MR) is 119 cm³/mol. The quantitative estimate of drug-likeness (QED) is 0.533. The van der Waals surface area contributed by atoms with Crippen LogP contribution in [0.15, 0.2) is 64.1 Å². The highest BCUT2D eigenvalue weighted by atomic mass is 35.5. The van der Waals surface area contributed by atoms with Crippen molar-refractivity contribution >= 4 is 44.8 Å². The molecule has 8 nitrogen and oxygen atoms in total. The van der Waals surface area contributed by atoms with Crippen LogP contribution in [-0.2, 0) is 14.8 Å². The lowest BCUT2D eigenvalue weighted by Crippen LogP contribution is -2.40. The van der Waals surface area contributed by atoms with E-state index in [2.05, 4.69) is 5.32 Å². The number of nitrogens with zero attached hydrogens (tertiary/aromatic N) is 1. The second kappa shape index (κ2) is 9.51. The van der Waals surface area contributed by atoms with E-state index in [1.54, 1.807) is 36.4 Å². The van der Waals surface area contributed by atoms with Crippen LogP contribution in [0.3, 0.4) is 0 Å². The van der Waals surface area contributed by atoms with Gasteiger partial charge in [-0.05, 0) is 54.6 Å². The number of carbonyl (C=O) groups is 1. The standard InChI is InChI=1S/C21H18Cl2N2O6S/c22-14-1-4-16(5-2-14)30-18-6-3-15(23)13-17(18)24-21(26)19-7-8-20(31-19)32(27,28)25-9-11-29-12-10-25/h1-8,13H,9-12H2,(H,24,26). The molecule has 3 aromatic rings. The van der Waals surface area contributed by atoms with Crippen molar-refractivity contribution in [3.63, 3.8) is 0 Å². The molecular formula is C21H18Cl2N2O6S. The molecule has 1 saturated heterocycles. The molecular weight excluding hydrogens is 479 g/mol. The zero-order chi connectivity index (χ0) is 22.7. The molecule has 0 aliphatic carbocycles. The van der Waals surface area contributed by atoms with E-state index in [1.807, 2.05) is 0 Å². The lowest BCUT2D eigenvalue weighted by Gasteiger charge is -2.24. The third-order valence-electron chi connectivity index (χ3n) is 4.60. The van der Waals surface area contributed by atoms with Gasteiger partial charge in [-0.2, -0.15) is 4.31 Å². The fourth-order valence-corrected chi connectivity index (χ4v) is 4.61. The normalized spacial score (nSPS) is 14.8. The van der Waals surface area contributed by atoms with E-state index >= 15 is 0 Å². The lowest BCUT2D eigenvalue weighted by atomic mass is 10.2. The van der Waals surface area contributed by atoms with Crippen LogP contribution in [0.4, 0.5) is 5.69 Å². The van der Waals surface area contributed by atoms with Gasteiger partial charge in [-0.15, -0.1) is 0 Å². The molecule has 1 fully saturated rings. The van der Waals surface area contributed by atoms with Crippen LogP contribution in [0.2, 0.25) is 10.0 Å².